The van der Waals surface area contributed by atoms with Crippen LogP contribution < -0.4 is 0 Å². The summed E-state index contributed by atoms with van der Waals surface area (Å²) in [6.45, 7) is 6.04. The van der Waals surface area contributed by atoms with Crippen molar-refractivity contribution in [3.05, 3.63) is 83.1 Å². The highest BCUT2D eigenvalue weighted by atomic mass is 16.1. The van der Waals surface area contributed by atoms with E-state index in [-0.39, 0.29) is 5.78 Å². The van der Waals surface area contributed by atoms with E-state index in [1.54, 1.807) is 0 Å². The van der Waals surface area contributed by atoms with Crippen LogP contribution in [-0.4, -0.2) is 28.3 Å². The Hall–Kier alpha value is -2.65. The smallest absolute Gasteiger partial charge is 0.207 e. The number of aryl methyl sites for hydroxylation is 1. The third kappa shape index (κ3) is 3.00. The van der Waals surface area contributed by atoms with Gasteiger partial charge < -0.3 is 4.57 Å². The number of aromatic nitrogens is 1. The third-order valence-corrected chi connectivity index (χ3v) is 6.38. The van der Waals surface area contributed by atoms with Gasteiger partial charge in [0.15, 0.2) is 0 Å². The number of ketones is 1. The molecule has 2 aliphatic heterocycles. The van der Waals surface area contributed by atoms with Gasteiger partial charge in [-0.15, -0.1) is 0 Å². The number of allylic oxidation sites excluding steroid dienone is 2. The van der Waals surface area contributed by atoms with Crippen molar-refractivity contribution in [2.75, 3.05) is 13.1 Å². The van der Waals surface area contributed by atoms with Crippen molar-refractivity contribution in [1.82, 2.24) is 9.47 Å². The van der Waals surface area contributed by atoms with Crippen LogP contribution in [0.2, 0.25) is 0 Å². The van der Waals surface area contributed by atoms with Crippen LogP contribution >= 0.6 is 0 Å². The highest BCUT2D eigenvalue weighted by molar-refractivity contribution is 6.14. The van der Waals surface area contributed by atoms with Gasteiger partial charge in [0.1, 0.15) is 0 Å². The van der Waals surface area contributed by atoms with Crippen molar-refractivity contribution in [3.63, 3.8) is 0 Å². The van der Waals surface area contributed by atoms with Gasteiger partial charge in [0.25, 0.3) is 0 Å². The summed E-state index contributed by atoms with van der Waals surface area (Å²) >= 11 is 0. The van der Waals surface area contributed by atoms with Crippen LogP contribution in [0.1, 0.15) is 34.5 Å². The standard InChI is InChI=1S/C25H26N2O/c1-18-22-9-5-6-10-23(22)27-17-21(25(28)24(18)27)15-19-11-13-26(14-12-19)16-20-7-3-2-4-8-20/h2-10,15,19H,11-14,16-17H2,1H3. The lowest BCUT2D eigenvalue weighted by Gasteiger charge is -2.30. The van der Waals surface area contributed by atoms with E-state index < -0.39 is 0 Å². The highest BCUT2D eigenvalue weighted by Gasteiger charge is 2.30. The topological polar surface area (TPSA) is 25.2 Å². The SMILES string of the molecule is Cc1c2n(c3ccccc13)CC(=CC1CCN(Cc3ccccc3)CC1)C2=O. The number of piperidine rings is 1. The molecule has 3 nitrogen and oxygen atoms in total. The van der Waals surface area contributed by atoms with Gasteiger partial charge in [-0.05, 0) is 56.0 Å². The molecule has 0 saturated carbocycles. The second-order valence-corrected chi connectivity index (χ2v) is 8.20. The summed E-state index contributed by atoms with van der Waals surface area (Å²) in [7, 11) is 0. The summed E-state index contributed by atoms with van der Waals surface area (Å²) in [5.41, 5.74) is 5.58. The molecule has 0 bridgehead atoms. The van der Waals surface area contributed by atoms with Gasteiger partial charge in [-0.3, -0.25) is 9.69 Å². The Labute approximate surface area is 166 Å². The maximum absolute atomic E-state index is 13.1. The summed E-state index contributed by atoms with van der Waals surface area (Å²) in [5, 5.41) is 1.21. The molecule has 5 rings (SSSR count). The molecule has 3 heterocycles. The molecule has 28 heavy (non-hydrogen) atoms. The molecule has 0 spiro atoms. The van der Waals surface area contributed by atoms with Crippen LogP contribution in [0.15, 0.2) is 66.2 Å². The van der Waals surface area contributed by atoms with E-state index in [1.165, 1.54) is 16.5 Å². The Morgan fingerprint density at radius 1 is 1.00 bits per heavy atom. The number of Topliss-reactive ketones (excluding diaryl/α,β-unsaturated/α-hetero) is 1. The molecule has 1 fully saturated rings. The summed E-state index contributed by atoms with van der Waals surface area (Å²) in [6.07, 6.45) is 4.56. The lowest BCUT2D eigenvalue weighted by Crippen LogP contribution is -2.32. The van der Waals surface area contributed by atoms with Gasteiger partial charge in [0, 0.05) is 23.0 Å². The second kappa shape index (κ2) is 7.06. The number of benzene rings is 2. The van der Waals surface area contributed by atoms with E-state index in [9.17, 15) is 4.79 Å². The molecule has 142 valence electrons. The Morgan fingerprint density at radius 3 is 2.50 bits per heavy atom. The first kappa shape index (κ1) is 17.4. The van der Waals surface area contributed by atoms with Crippen molar-refractivity contribution >= 4 is 16.7 Å². The van der Waals surface area contributed by atoms with E-state index in [0.29, 0.717) is 5.92 Å². The van der Waals surface area contributed by atoms with Gasteiger partial charge in [-0.2, -0.15) is 0 Å². The molecule has 1 aromatic heterocycles. The molecule has 0 amide bonds. The van der Waals surface area contributed by atoms with Gasteiger partial charge in [-0.25, -0.2) is 0 Å². The number of hydrogen-bond acceptors (Lipinski definition) is 2. The van der Waals surface area contributed by atoms with E-state index in [0.717, 1.165) is 55.9 Å². The molecule has 2 aromatic carbocycles. The lowest BCUT2D eigenvalue weighted by molar-refractivity contribution is 0.103. The monoisotopic (exact) mass is 370 g/mol. The number of fused-ring (bicyclic) bond motifs is 3. The highest BCUT2D eigenvalue weighted by Crippen LogP contribution is 2.34. The van der Waals surface area contributed by atoms with Crippen molar-refractivity contribution in [3.8, 4) is 0 Å². The third-order valence-electron chi connectivity index (χ3n) is 6.38. The quantitative estimate of drug-likeness (QED) is 0.607. The van der Waals surface area contributed by atoms with E-state index in [2.05, 4.69) is 77.1 Å². The number of hydrogen-bond donors (Lipinski definition) is 0. The first-order chi connectivity index (χ1) is 13.7. The van der Waals surface area contributed by atoms with Gasteiger partial charge in [0.05, 0.1) is 12.2 Å². The van der Waals surface area contributed by atoms with Crippen LogP contribution in [0.4, 0.5) is 0 Å². The number of rotatable bonds is 3. The molecule has 3 heteroatoms. The average molecular weight is 370 g/mol. The van der Waals surface area contributed by atoms with E-state index >= 15 is 0 Å². The predicted molar refractivity (Wildman–Crippen MR) is 114 cm³/mol. The normalized spacial score (nSPS) is 19.6. The summed E-state index contributed by atoms with van der Waals surface area (Å²) < 4.78 is 2.21. The summed E-state index contributed by atoms with van der Waals surface area (Å²) in [5.74, 6) is 0.752. The number of para-hydroxylation sites is 1. The summed E-state index contributed by atoms with van der Waals surface area (Å²) in [4.78, 5) is 15.6. The fraction of sp³-hybridized carbons (Fsp3) is 0.320. The van der Waals surface area contributed by atoms with Crippen LogP contribution in [0, 0.1) is 12.8 Å². The largest absolute Gasteiger partial charge is 0.333 e. The minimum Gasteiger partial charge on any atom is -0.333 e. The van der Waals surface area contributed by atoms with Gasteiger partial charge in [-0.1, -0.05) is 54.6 Å². The van der Waals surface area contributed by atoms with Crippen LogP contribution in [0.3, 0.4) is 0 Å². The summed E-state index contributed by atoms with van der Waals surface area (Å²) in [6, 6.07) is 19.1. The Morgan fingerprint density at radius 2 is 1.71 bits per heavy atom. The van der Waals surface area contributed by atoms with Gasteiger partial charge in [0.2, 0.25) is 5.78 Å². The number of nitrogens with zero attached hydrogens (tertiary/aromatic N) is 2. The zero-order valence-corrected chi connectivity index (χ0v) is 16.4. The average Bonchev–Trinajstić information content (AvgIpc) is 3.20. The fourth-order valence-corrected chi connectivity index (χ4v) is 4.86. The van der Waals surface area contributed by atoms with Gasteiger partial charge >= 0.3 is 0 Å². The minimum atomic E-state index is 0.236. The molecule has 1 saturated heterocycles. The Balaban J connectivity index is 1.29. The molecular weight excluding hydrogens is 344 g/mol. The number of carbonyl (C=O) groups excluding carboxylic acids is 1. The molecule has 0 aliphatic carbocycles. The number of carbonyl (C=O) groups is 1. The van der Waals surface area contributed by atoms with Crippen LogP contribution in [0.5, 0.6) is 0 Å². The van der Waals surface area contributed by atoms with Crippen molar-refractivity contribution in [2.45, 2.75) is 32.9 Å². The molecule has 0 unspecified atom stereocenters. The van der Waals surface area contributed by atoms with E-state index in [4.69, 9.17) is 0 Å². The molecular formula is C25H26N2O. The Bertz CT molecular complexity index is 1050. The fourth-order valence-electron chi connectivity index (χ4n) is 4.86. The lowest BCUT2D eigenvalue weighted by atomic mass is 9.93. The molecule has 0 atom stereocenters. The minimum absolute atomic E-state index is 0.236. The maximum Gasteiger partial charge on any atom is 0.207 e. The molecule has 0 radical (unpaired) electrons. The number of likely N-dealkylation sites (tertiary alicyclic amines) is 1. The van der Waals surface area contributed by atoms with Crippen molar-refractivity contribution in [2.24, 2.45) is 5.92 Å². The first-order valence-corrected chi connectivity index (χ1v) is 10.3. The van der Waals surface area contributed by atoms with E-state index in [1.807, 2.05) is 0 Å². The van der Waals surface area contributed by atoms with Crippen LogP contribution in [-0.2, 0) is 13.1 Å². The molecule has 3 aromatic rings. The zero-order chi connectivity index (χ0) is 19.1. The van der Waals surface area contributed by atoms with Crippen molar-refractivity contribution in [1.29, 1.82) is 0 Å². The predicted octanol–water partition coefficient (Wildman–Crippen LogP) is 4.98. The molecule has 2 aliphatic rings. The van der Waals surface area contributed by atoms with Crippen LogP contribution in [0.25, 0.3) is 10.9 Å². The first-order valence-electron chi connectivity index (χ1n) is 10.3. The molecule has 0 N–H and O–H groups in total. The Kier molecular flexibility index (Phi) is 4.40. The zero-order valence-electron chi connectivity index (χ0n) is 16.4. The van der Waals surface area contributed by atoms with Crippen molar-refractivity contribution < 1.29 is 4.79 Å². The second-order valence-electron chi connectivity index (χ2n) is 8.20. The maximum atomic E-state index is 13.1.